The van der Waals surface area contributed by atoms with Crippen LogP contribution in [0.1, 0.15) is 43.8 Å². The van der Waals surface area contributed by atoms with Crippen molar-refractivity contribution in [2.24, 2.45) is 0 Å². The Morgan fingerprint density at radius 2 is 2.27 bits per heavy atom. The maximum absolute atomic E-state index is 10.4. The van der Waals surface area contributed by atoms with E-state index in [1.807, 2.05) is 12.5 Å². The molecule has 82 valence electrons. The highest BCUT2D eigenvalue weighted by atomic mass is 16.4. The standard InChI is InChI=1S/C11H16N2O2/c14-11(15)6-5-9-7-13(8-12-9)10-3-1-2-4-10/h7-8,10H,1-6H2,(H,14,15). The molecule has 2 rings (SSSR count). The van der Waals surface area contributed by atoms with Gasteiger partial charge in [-0.3, -0.25) is 4.79 Å². The summed E-state index contributed by atoms with van der Waals surface area (Å²) in [5, 5.41) is 8.56. The monoisotopic (exact) mass is 208 g/mol. The molecule has 1 saturated carbocycles. The molecule has 1 aliphatic rings. The van der Waals surface area contributed by atoms with Gasteiger partial charge in [0.05, 0.1) is 18.4 Å². The number of carbonyl (C=O) groups is 1. The van der Waals surface area contributed by atoms with Crippen LogP contribution in [0.15, 0.2) is 12.5 Å². The topological polar surface area (TPSA) is 55.1 Å². The molecule has 0 spiro atoms. The van der Waals surface area contributed by atoms with Gasteiger partial charge in [-0.2, -0.15) is 0 Å². The number of imidazole rings is 1. The Balaban J connectivity index is 1.94. The lowest BCUT2D eigenvalue weighted by Crippen LogP contribution is -2.01. The smallest absolute Gasteiger partial charge is 0.303 e. The Morgan fingerprint density at radius 1 is 1.53 bits per heavy atom. The van der Waals surface area contributed by atoms with E-state index in [-0.39, 0.29) is 6.42 Å². The van der Waals surface area contributed by atoms with E-state index in [0.717, 1.165) is 5.69 Å². The number of aryl methyl sites for hydroxylation is 1. The molecule has 0 bridgehead atoms. The average molecular weight is 208 g/mol. The fourth-order valence-electron chi connectivity index (χ4n) is 2.15. The van der Waals surface area contributed by atoms with Crippen molar-refractivity contribution >= 4 is 5.97 Å². The fourth-order valence-corrected chi connectivity index (χ4v) is 2.15. The molecule has 1 fully saturated rings. The van der Waals surface area contributed by atoms with Crippen molar-refractivity contribution in [3.63, 3.8) is 0 Å². The molecular formula is C11H16N2O2. The van der Waals surface area contributed by atoms with Crippen molar-refractivity contribution in [3.05, 3.63) is 18.2 Å². The zero-order valence-electron chi connectivity index (χ0n) is 8.72. The summed E-state index contributed by atoms with van der Waals surface area (Å²) in [4.78, 5) is 14.6. The zero-order valence-corrected chi connectivity index (χ0v) is 8.72. The largest absolute Gasteiger partial charge is 0.481 e. The molecule has 4 heteroatoms. The summed E-state index contributed by atoms with van der Waals surface area (Å²) in [7, 11) is 0. The Hall–Kier alpha value is -1.32. The maximum atomic E-state index is 10.4. The molecule has 0 atom stereocenters. The van der Waals surface area contributed by atoms with Crippen molar-refractivity contribution in [1.29, 1.82) is 0 Å². The lowest BCUT2D eigenvalue weighted by Gasteiger charge is -2.09. The van der Waals surface area contributed by atoms with Crippen LogP contribution >= 0.6 is 0 Å². The number of nitrogens with zero attached hydrogens (tertiary/aromatic N) is 2. The SMILES string of the molecule is O=C(O)CCc1cn(C2CCCC2)cn1. The third-order valence-corrected chi connectivity index (χ3v) is 3.00. The summed E-state index contributed by atoms with van der Waals surface area (Å²) in [6, 6.07) is 0.594. The molecule has 1 N–H and O–H groups in total. The average Bonchev–Trinajstić information content (AvgIpc) is 2.85. The molecular weight excluding hydrogens is 192 g/mol. The minimum atomic E-state index is -0.759. The van der Waals surface area contributed by atoms with E-state index >= 15 is 0 Å². The summed E-state index contributed by atoms with van der Waals surface area (Å²) >= 11 is 0. The fraction of sp³-hybridized carbons (Fsp3) is 0.636. The third kappa shape index (κ3) is 2.58. The molecule has 0 unspecified atom stereocenters. The summed E-state index contributed by atoms with van der Waals surface area (Å²) in [5.74, 6) is -0.759. The molecule has 15 heavy (non-hydrogen) atoms. The van der Waals surface area contributed by atoms with Gasteiger partial charge in [-0.15, -0.1) is 0 Å². The predicted molar refractivity (Wildman–Crippen MR) is 55.7 cm³/mol. The van der Waals surface area contributed by atoms with Gasteiger partial charge in [-0.25, -0.2) is 4.98 Å². The molecule has 1 heterocycles. The lowest BCUT2D eigenvalue weighted by molar-refractivity contribution is -0.136. The second kappa shape index (κ2) is 4.47. The predicted octanol–water partition coefficient (Wildman–Crippen LogP) is 2.02. The van der Waals surface area contributed by atoms with E-state index in [4.69, 9.17) is 5.11 Å². The molecule has 1 aromatic heterocycles. The van der Waals surface area contributed by atoms with Crippen molar-refractivity contribution in [2.75, 3.05) is 0 Å². The quantitative estimate of drug-likeness (QED) is 0.823. The first kappa shape index (κ1) is 10.2. The Bertz CT molecular complexity index is 340. The first-order valence-corrected chi connectivity index (χ1v) is 5.50. The number of aromatic nitrogens is 2. The van der Waals surface area contributed by atoms with Gasteiger partial charge >= 0.3 is 5.97 Å². The number of aliphatic carboxylic acids is 1. The minimum Gasteiger partial charge on any atom is -0.481 e. The van der Waals surface area contributed by atoms with E-state index in [1.54, 1.807) is 0 Å². The third-order valence-electron chi connectivity index (χ3n) is 3.00. The molecule has 0 radical (unpaired) electrons. The van der Waals surface area contributed by atoms with Gasteiger partial charge in [-0.1, -0.05) is 12.8 Å². The van der Waals surface area contributed by atoms with Gasteiger partial charge in [0.2, 0.25) is 0 Å². The van der Waals surface area contributed by atoms with E-state index < -0.39 is 5.97 Å². The molecule has 0 aromatic carbocycles. The summed E-state index contributed by atoms with van der Waals surface area (Å²) in [6.45, 7) is 0. The number of hydrogen-bond donors (Lipinski definition) is 1. The lowest BCUT2D eigenvalue weighted by atomic mass is 10.2. The number of rotatable bonds is 4. The Morgan fingerprint density at radius 3 is 2.93 bits per heavy atom. The van der Waals surface area contributed by atoms with E-state index in [2.05, 4.69) is 9.55 Å². The van der Waals surface area contributed by atoms with Crippen LogP contribution < -0.4 is 0 Å². The number of carboxylic acid groups (broad SMARTS) is 1. The minimum absolute atomic E-state index is 0.168. The van der Waals surface area contributed by atoms with E-state index in [0.29, 0.717) is 12.5 Å². The summed E-state index contributed by atoms with van der Waals surface area (Å²) in [5.41, 5.74) is 0.893. The van der Waals surface area contributed by atoms with Crippen LogP contribution in [0.2, 0.25) is 0 Å². The van der Waals surface area contributed by atoms with Gasteiger partial charge in [0.15, 0.2) is 0 Å². The Labute approximate surface area is 88.9 Å². The second-order valence-electron chi connectivity index (χ2n) is 4.14. The van der Waals surface area contributed by atoms with Crippen molar-refractivity contribution < 1.29 is 9.90 Å². The molecule has 0 aliphatic heterocycles. The van der Waals surface area contributed by atoms with Crippen LogP contribution in [0.5, 0.6) is 0 Å². The van der Waals surface area contributed by atoms with Gasteiger partial charge in [-0.05, 0) is 12.8 Å². The van der Waals surface area contributed by atoms with Crippen LogP contribution in [0.25, 0.3) is 0 Å². The first-order chi connectivity index (χ1) is 7.25. The summed E-state index contributed by atoms with van der Waals surface area (Å²) in [6.07, 6.45) is 9.60. The second-order valence-corrected chi connectivity index (χ2v) is 4.14. The van der Waals surface area contributed by atoms with E-state index in [1.165, 1.54) is 25.7 Å². The first-order valence-electron chi connectivity index (χ1n) is 5.50. The molecule has 1 aliphatic carbocycles. The molecule has 1 aromatic rings. The van der Waals surface area contributed by atoms with Gasteiger partial charge in [0, 0.05) is 18.7 Å². The van der Waals surface area contributed by atoms with Crippen molar-refractivity contribution in [2.45, 2.75) is 44.6 Å². The highest BCUT2D eigenvalue weighted by Gasteiger charge is 2.16. The van der Waals surface area contributed by atoms with Crippen LogP contribution in [-0.2, 0) is 11.2 Å². The van der Waals surface area contributed by atoms with Gasteiger partial charge < -0.3 is 9.67 Å². The molecule has 4 nitrogen and oxygen atoms in total. The number of hydrogen-bond acceptors (Lipinski definition) is 2. The highest BCUT2D eigenvalue weighted by molar-refractivity contribution is 5.66. The maximum Gasteiger partial charge on any atom is 0.303 e. The Kier molecular flexibility index (Phi) is 3.04. The normalized spacial score (nSPS) is 17.1. The molecule has 0 saturated heterocycles. The summed E-state index contributed by atoms with van der Waals surface area (Å²) < 4.78 is 2.14. The van der Waals surface area contributed by atoms with Gasteiger partial charge in [0.25, 0.3) is 0 Å². The zero-order chi connectivity index (χ0) is 10.7. The van der Waals surface area contributed by atoms with Gasteiger partial charge in [0.1, 0.15) is 0 Å². The van der Waals surface area contributed by atoms with Crippen LogP contribution in [0.3, 0.4) is 0 Å². The van der Waals surface area contributed by atoms with Crippen molar-refractivity contribution in [3.8, 4) is 0 Å². The highest BCUT2D eigenvalue weighted by Crippen LogP contribution is 2.29. The van der Waals surface area contributed by atoms with Crippen LogP contribution in [0.4, 0.5) is 0 Å². The van der Waals surface area contributed by atoms with Crippen molar-refractivity contribution in [1.82, 2.24) is 9.55 Å². The van der Waals surface area contributed by atoms with Crippen LogP contribution in [-0.4, -0.2) is 20.6 Å². The number of carboxylic acids is 1. The van der Waals surface area contributed by atoms with Crippen LogP contribution in [0, 0.1) is 0 Å². The van der Waals surface area contributed by atoms with E-state index in [9.17, 15) is 4.79 Å². The molecule has 0 amide bonds.